The fraction of sp³-hybridized carbons (Fsp3) is 0.613. The summed E-state index contributed by atoms with van der Waals surface area (Å²) in [6.07, 6.45) is 7.57. The van der Waals surface area contributed by atoms with Crippen molar-refractivity contribution in [1.82, 2.24) is 9.80 Å². The molecule has 1 heterocycles. The van der Waals surface area contributed by atoms with Gasteiger partial charge in [0.2, 0.25) is 0 Å². The summed E-state index contributed by atoms with van der Waals surface area (Å²) in [5, 5.41) is 12.0. The lowest BCUT2D eigenvalue weighted by Gasteiger charge is -2.45. The second kappa shape index (κ2) is 13.0. The van der Waals surface area contributed by atoms with Crippen LogP contribution in [0.25, 0.3) is 0 Å². The molecule has 0 unspecified atom stereocenters. The van der Waals surface area contributed by atoms with Crippen molar-refractivity contribution in [3.63, 3.8) is 0 Å². The van der Waals surface area contributed by atoms with Crippen LogP contribution in [-0.2, 0) is 10.3 Å². The van der Waals surface area contributed by atoms with Gasteiger partial charge in [-0.15, -0.1) is 0 Å². The molecule has 36 heavy (non-hydrogen) atoms. The first kappa shape index (κ1) is 27.1. The summed E-state index contributed by atoms with van der Waals surface area (Å²) in [6, 6.07) is 19.1. The van der Waals surface area contributed by atoms with E-state index in [0.717, 1.165) is 63.5 Å². The number of nitrogens with zero attached hydrogens (tertiary/aromatic N) is 2. The number of rotatable bonds is 11. The van der Waals surface area contributed by atoms with Gasteiger partial charge in [0.1, 0.15) is 5.75 Å². The molecule has 2 aromatic rings. The van der Waals surface area contributed by atoms with Crippen molar-refractivity contribution in [2.45, 2.75) is 76.0 Å². The van der Waals surface area contributed by atoms with Gasteiger partial charge in [0.15, 0.2) is 0 Å². The Bertz CT molecular complexity index is 894. The van der Waals surface area contributed by atoms with Crippen LogP contribution in [0.15, 0.2) is 54.6 Å². The van der Waals surface area contributed by atoms with Crippen LogP contribution in [0.3, 0.4) is 0 Å². The smallest absolute Gasteiger partial charge is 0.119 e. The average Bonchev–Trinajstić information content (AvgIpc) is 2.93. The molecule has 0 radical (unpaired) electrons. The van der Waals surface area contributed by atoms with Gasteiger partial charge >= 0.3 is 0 Å². The minimum Gasteiger partial charge on any atom is -0.494 e. The van der Waals surface area contributed by atoms with Crippen molar-refractivity contribution in [2.75, 3.05) is 46.4 Å². The van der Waals surface area contributed by atoms with Gasteiger partial charge < -0.3 is 19.5 Å². The third-order valence-corrected chi connectivity index (χ3v) is 8.37. The van der Waals surface area contributed by atoms with Crippen LogP contribution >= 0.6 is 0 Å². The molecule has 0 spiro atoms. The van der Waals surface area contributed by atoms with Crippen molar-refractivity contribution in [3.05, 3.63) is 65.7 Å². The third kappa shape index (κ3) is 6.69. The van der Waals surface area contributed by atoms with Crippen molar-refractivity contribution >= 4 is 0 Å². The monoisotopic (exact) mass is 494 g/mol. The van der Waals surface area contributed by atoms with E-state index in [2.05, 4.69) is 41.0 Å². The largest absolute Gasteiger partial charge is 0.494 e. The van der Waals surface area contributed by atoms with E-state index in [1.54, 1.807) is 0 Å². The van der Waals surface area contributed by atoms with Crippen LogP contribution < -0.4 is 4.74 Å². The predicted octanol–water partition coefficient (Wildman–Crippen LogP) is 5.43. The maximum atomic E-state index is 12.0. The zero-order chi connectivity index (χ0) is 25.4. The number of aliphatic hydroxyl groups is 1. The Labute approximate surface area is 218 Å². The van der Waals surface area contributed by atoms with Gasteiger partial charge in [0, 0.05) is 51.8 Å². The molecule has 2 aliphatic rings. The predicted molar refractivity (Wildman–Crippen MR) is 147 cm³/mol. The molecule has 0 aromatic heterocycles. The molecule has 1 aliphatic heterocycles. The van der Waals surface area contributed by atoms with Crippen molar-refractivity contribution in [2.24, 2.45) is 0 Å². The molecular formula is C31H46N2O3. The summed E-state index contributed by atoms with van der Waals surface area (Å²) in [7, 11) is 1.87. The topological polar surface area (TPSA) is 45.2 Å². The number of hydrogen-bond acceptors (Lipinski definition) is 5. The molecule has 5 heteroatoms. The van der Waals surface area contributed by atoms with Crippen molar-refractivity contribution in [1.29, 1.82) is 0 Å². The Kier molecular flexibility index (Phi) is 9.83. The molecule has 1 aliphatic carbocycles. The number of methoxy groups -OCH3 is 1. The quantitative estimate of drug-likeness (QED) is 0.422. The minimum atomic E-state index is -0.995. The van der Waals surface area contributed by atoms with Gasteiger partial charge in [-0.05, 0) is 49.4 Å². The molecule has 4 rings (SSSR count). The lowest BCUT2D eigenvalue weighted by atomic mass is 9.78. The highest BCUT2D eigenvalue weighted by atomic mass is 16.5. The summed E-state index contributed by atoms with van der Waals surface area (Å²) < 4.78 is 11.7. The summed E-state index contributed by atoms with van der Waals surface area (Å²) in [4.78, 5) is 5.19. The van der Waals surface area contributed by atoms with E-state index in [9.17, 15) is 5.11 Å². The standard InChI is InChI=1S/C31H46N2O3/c1-4-5-23-36-27-17-15-26(16-18-27)31(2,34)28(25-11-7-6-8-12-25)24-32-19-21-33(22-20-32)29-13-9-10-14-30(29)35-3/h6-8,11-12,15-18,28-30,34H,4-5,9-10,13-14,19-24H2,1-3H3/t28-,29+,30+,31+/m1/s1. The average molecular weight is 495 g/mol. The number of hydrogen-bond donors (Lipinski definition) is 1. The van der Waals surface area contributed by atoms with Gasteiger partial charge in [0.05, 0.1) is 18.3 Å². The second-order valence-corrected chi connectivity index (χ2v) is 10.8. The molecule has 5 nitrogen and oxygen atoms in total. The zero-order valence-corrected chi connectivity index (χ0v) is 22.6. The minimum absolute atomic E-state index is 0.0292. The fourth-order valence-electron chi connectivity index (χ4n) is 6.02. The molecule has 1 saturated carbocycles. The van der Waals surface area contributed by atoms with E-state index in [1.807, 2.05) is 44.4 Å². The highest BCUT2D eigenvalue weighted by molar-refractivity contribution is 5.35. The van der Waals surface area contributed by atoms with E-state index in [4.69, 9.17) is 9.47 Å². The lowest BCUT2D eigenvalue weighted by molar-refractivity contribution is -0.0342. The highest BCUT2D eigenvalue weighted by Gasteiger charge is 2.38. The van der Waals surface area contributed by atoms with Gasteiger partial charge in [-0.2, -0.15) is 0 Å². The second-order valence-electron chi connectivity index (χ2n) is 10.8. The van der Waals surface area contributed by atoms with Crippen LogP contribution in [0.5, 0.6) is 5.75 Å². The van der Waals surface area contributed by atoms with Crippen LogP contribution in [0.2, 0.25) is 0 Å². The first-order valence-corrected chi connectivity index (χ1v) is 14.0. The number of unbranched alkanes of at least 4 members (excludes halogenated alkanes) is 1. The molecule has 4 atom stereocenters. The van der Waals surface area contributed by atoms with Gasteiger partial charge in [-0.1, -0.05) is 68.7 Å². The first-order valence-electron chi connectivity index (χ1n) is 14.0. The van der Waals surface area contributed by atoms with Crippen LogP contribution in [-0.4, -0.2) is 73.5 Å². The molecule has 0 amide bonds. The van der Waals surface area contributed by atoms with Gasteiger partial charge in [-0.3, -0.25) is 4.90 Å². The Morgan fingerprint density at radius 1 is 0.972 bits per heavy atom. The van der Waals surface area contributed by atoms with E-state index >= 15 is 0 Å². The van der Waals surface area contributed by atoms with Crippen LogP contribution in [0.4, 0.5) is 0 Å². The maximum Gasteiger partial charge on any atom is 0.119 e. The first-order chi connectivity index (χ1) is 17.5. The highest BCUT2D eigenvalue weighted by Crippen LogP contribution is 2.38. The molecule has 1 saturated heterocycles. The zero-order valence-electron chi connectivity index (χ0n) is 22.6. The number of ether oxygens (including phenoxy) is 2. The Morgan fingerprint density at radius 2 is 1.67 bits per heavy atom. The molecule has 2 aromatic carbocycles. The molecule has 1 N–H and O–H groups in total. The third-order valence-electron chi connectivity index (χ3n) is 8.37. The summed E-state index contributed by atoms with van der Waals surface area (Å²) in [6.45, 7) is 9.89. The van der Waals surface area contributed by atoms with Gasteiger partial charge in [0.25, 0.3) is 0 Å². The summed E-state index contributed by atoms with van der Waals surface area (Å²) >= 11 is 0. The molecular weight excluding hydrogens is 448 g/mol. The Morgan fingerprint density at radius 3 is 2.33 bits per heavy atom. The maximum absolute atomic E-state index is 12.0. The normalized spacial score (nSPS) is 24.2. The van der Waals surface area contributed by atoms with E-state index in [-0.39, 0.29) is 5.92 Å². The van der Waals surface area contributed by atoms with Crippen LogP contribution in [0, 0.1) is 0 Å². The Balaban J connectivity index is 1.44. The van der Waals surface area contributed by atoms with Crippen molar-refractivity contribution in [3.8, 4) is 5.75 Å². The summed E-state index contributed by atoms with van der Waals surface area (Å²) in [5.74, 6) is 0.839. The Hall–Kier alpha value is -1.92. The van der Waals surface area contributed by atoms with Gasteiger partial charge in [-0.25, -0.2) is 0 Å². The molecule has 0 bridgehead atoms. The fourth-order valence-corrected chi connectivity index (χ4v) is 6.02. The molecule has 2 fully saturated rings. The van der Waals surface area contributed by atoms with Crippen molar-refractivity contribution < 1.29 is 14.6 Å². The van der Waals surface area contributed by atoms with E-state index in [1.165, 1.54) is 31.2 Å². The van der Waals surface area contributed by atoms with E-state index < -0.39 is 5.60 Å². The summed E-state index contributed by atoms with van der Waals surface area (Å²) in [5.41, 5.74) is 1.12. The SMILES string of the molecule is CCCCOc1ccc([C@](C)(O)[C@H](CN2CCN([C@H]3CCCC[C@@H]3OC)CC2)c2ccccc2)cc1. The number of piperazine rings is 1. The molecule has 198 valence electrons. The van der Waals surface area contributed by atoms with E-state index in [0.29, 0.717) is 12.1 Å². The lowest BCUT2D eigenvalue weighted by Crippen LogP contribution is -2.55. The van der Waals surface area contributed by atoms with Crippen LogP contribution in [0.1, 0.15) is 69.4 Å². The number of benzene rings is 2.